The average Bonchev–Trinajstić information content (AvgIpc) is 2.52. The summed E-state index contributed by atoms with van der Waals surface area (Å²) >= 11 is 3.33. The van der Waals surface area contributed by atoms with Crippen molar-refractivity contribution in [2.24, 2.45) is 0 Å². The largest absolute Gasteiger partial charge is 0.496 e. The number of allylic oxidation sites excluding steroid dienone is 1. The van der Waals surface area contributed by atoms with Gasteiger partial charge >= 0.3 is 0 Å². The van der Waals surface area contributed by atoms with Crippen LogP contribution >= 0.6 is 15.9 Å². The van der Waals surface area contributed by atoms with Crippen molar-refractivity contribution in [1.82, 2.24) is 0 Å². The van der Waals surface area contributed by atoms with Crippen LogP contribution in [0.5, 0.6) is 5.75 Å². The molecule has 0 amide bonds. The molecule has 0 aliphatic rings. The number of ketones is 1. The van der Waals surface area contributed by atoms with Gasteiger partial charge in [-0.25, -0.2) is 8.42 Å². The maximum Gasteiger partial charge on any atom is 0.189 e. The second kappa shape index (κ2) is 7.10. The molecule has 0 heterocycles. The van der Waals surface area contributed by atoms with Gasteiger partial charge in [0.25, 0.3) is 0 Å². The summed E-state index contributed by atoms with van der Waals surface area (Å²) in [6.45, 7) is 0. The topological polar surface area (TPSA) is 60.4 Å². The third kappa shape index (κ3) is 4.53. The van der Waals surface area contributed by atoms with Crippen molar-refractivity contribution in [3.63, 3.8) is 0 Å². The minimum atomic E-state index is -3.22. The fourth-order valence-corrected chi connectivity index (χ4v) is 2.95. The van der Waals surface area contributed by atoms with Crippen molar-refractivity contribution in [2.75, 3.05) is 13.4 Å². The first-order valence-corrected chi connectivity index (χ1v) is 9.36. The van der Waals surface area contributed by atoms with Gasteiger partial charge in [0.1, 0.15) is 5.75 Å². The molecule has 0 N–H and O–H groups in total. The van der Waals surface area contributed by atoms with Crippen LogP contribution in [0.4, 0.5) is 0 Å². The van der Waals surface area contributed by atoms with Crippen LogP contribution in [-0.2, 0) is 9.84 Å². The highest BCUT2D eigenvalue weighted by molar-refractivity contribution is 9.10. The normalized spacial score (nSPS) is 11.6. The van der Waals surface area contributed by atoms with Crippen LogP contribution in [0, 0.1) is 0 Å². The summed E-state index contributed by atoms with van der Waals surface area (Å²) in [4.78, 5) is 12.5. The first-order valence-electron chi connectivity index (χ1n) is 6.67. The van der Waals surface area contributed by atoms with Gasteiger partial charge in [-0.15, -0.1) is 0 Å². The number of methoxy groups -OCH3 is 1. The fourth-order valence-electron chi connectivity index (χ4n) is 1.96. The van der Waals surface area contributed by atoms with E-state index in [4.69, 9.17) is 4.74 Å². The predicted molar refractivity (Wildman–Crippen MR) is 93.6 cm³/mol. The van der Waals surface area contributed by atoms with E-state index >= 15 is 0 Å². The molecule has 0 aliphatic heterocycles. The van der Waals surface area contributed by atoms with E-state index in [1.165, 1.54) is 25.3 Å². The number of rotatable bonds is 5. The van der Waals surface area contributed by atoms with Gasteiger partial charge in [0.15, 0.2) is 15.6 Å². The molecule has 2 rings (SSSR count). The molecule has 0 saturated carbocycles. The zero-order valence-electron chi connectivity index (χ0n) is 12.6. The fraction of sp³-hybridized carbons (Fsp3) is 0.118. The van der Waals surface area contributed by atoms with E-state index in [0.717, 1.165) is 16.3 Å². The zero-order chi connectivity index (χ0) is 17.0. The number of hydrogen-bond donors (Lipinski definition) is 0. The number of ether oxygens (including phenoxy) is 1. The van der Waals surface area contributed by atoms with Crippen LogP contribution in [0.1, 0.15) is 15.9 Å². The Hall–Kier alpha value is -1.92. The molecule has 0 bridgehead atoms. The highest BCUT2D eigenvalue weighted by atomic mass is 79.9. The van der Waals surface area contributed by atoms with Gasteiger partial charge in [-0.05, 0) is 42.0 Å². The molecule has 0 saturated heterocycles. The van der Waals surface area contributed by atoms with Gasteiger partial charge in [0, 0.05) is 10.7 Å². The summed E-state index contributed by atoms with van der Waals surface area (Å²) in [6, 6.07) is 11.5. The minimum Gasteiger partial charge on any atom is -0.496 e. The molecule has 6 heteroatoms. The Morgan fingerprint density at radius 3 is 2.35 bits per heavy atom. The van der Waals surface area contributed by atoms with E-state index in [2.05, 4.69) is 15.9 Å². The van der Waals surface area contributed by atoms with Crippen LogP contribution in [0.25, 0.3) is 6.08 Å². The van der Waals surface area contributed by atoms with E-state index in [1.54, 1.807) is 36.4 Å². The van der Waals surface area contributed by atoms with Crippen LogP contribution in [0.2, 0.25) is 0 Å². The van der Waals surface area contributed by atoms with Crippen molar-refractivity contribution in [1.29, 1.82) is 0 Å². The van der Waals surface area contributed by atoms with Crippen molar-refractivity contribution in [3.05, 3.63) is 64.1 Å². The zero-order valence-corrected chi connectivity index (χ0v) is 15.0. The highest BCUT2D eigenvalue weighted by Crippen LogP contribution is 2.24. The molecule has 0 aromatic heterocycles. The van der Waals surface area contributed by atoms with Crippen molar-refractivity contribution < 1.29 is 17.9 Å². The third-order valence-electron chi connectivity index (χ3n) is 3.16. The van der Waals surface area contributed by atoms with E-state index in [1.807, 2.05) is 0 Å². The van der Waals surface area contributed by atoms with E-state index < -0.39 is 9.84 Å². The maximum atomic E-state index is 12.3. The Labute approximate surface area is 143 Å². The molecule has 0 fully saturated rings. The number of halogens is 1. The summed E-state index contributed by atoms with van der Waals surface area (Å²) in [5.41, 5.74) is 1.19. The Balaban J connectivity index is 2.23. The molecule has 0 spiro atoms. The van der Waals surface area contributed by atoms with Gasteiger partial charge in [0.05, 0.1) is 17.6 Å². The summed E-state index contributed by atoms with van der Waals surface area (Å²) in [7, 11) is -1.71. The van der Waals surface area contributed by atoms with Gasteiger partial charge < -0.3 is 4.74 Å². The molecule has 0 aliphatic carbocycles. The van der Waals surface area contributed by atoms with Gasteiger partial charge in [-0.1, -0.05) is 34.1 Å². The number of benzene rings is 2. The molecule has 2 aromatic carbocycles. The van der Waals surface area contributed by atoms with Gasteiger partial charge in [-0.3, -0.25) is 4.79 Å². The third-order valence-corrected chi connectivity index (χ3v) is 4.78. The molecule has 0 atom stereocenters. The Kier molecular flexibility index (Phi) is 5.38. The standard InChI is InChI=1S/C17H15BrO4S/c1-22-17-10-6-13(18)11-15(17)16(19)9-5-12-3-7-14(8-4-12)23(2,20)21/h3-11H,1-2H3/b9-5+. The van der Waals surface area contributed by atoms with Crippen molar-refractivity contribution >= 4 is 37.6 Å². The van der Waals surface area contributed by atoms with Gasteiger partial charge in [0.2, 0.25) is 0 Å². The first kappa shape index (κ1) is 17.4. The lowest BCUT2D eigenvalue weighted by Gasteiger charge is -2.06. The van der Waals surface area contributed by atoms with Crippen LogP contribution in [0.15, 0.2) is 57.9 Å². The summed E-state index contributed by atoms with van der Waals surface area (Å²) in [6.07, 6.45) is 4.22. The number of carbonyl (C=O) groups excluding carboxylic acids is 1. The second-order valence-corrected chi connectivity index (χ2v) is 7.81. The highest BCUT2D eigenvalue weighted by Gasteiger charge is 2.10. The number of sulfone groups is 1. The summed E-state index contributed by atoms with van der Waals surface area (Å²) in [5.74, 6) is 0.297. The number of hydrogen-bond acceptors (Lipinski definition) is 4. The predicted octanol–water partition coefficient (Wildman–Crippen LogP) is 3.76. The number of carbonyl (C=O) groups is 1. The molecule has 0 radical (unpaired) electrons. The van der Waals surface area contributed by atoms with Crippen LogP contribution in [-0.4, -0.2) is 27.6 Å². The van der Waals surface area contributed by atoms with Gasteiger partial charge in [-0.2, -0.15) is 0 Å². The van der Waals surface area contributed by atoms with E-state index in [0.29, 0.717) is 11.3 Å². The molecule has 2 aromatic rings. The lowest BCUT2D eigenvalue weighted by molar-refractivity contribution is 0.104. The molecule has 23 heavy (non-hydrogen) atoms. The molecule has 120 valence electrons. The lowest BCUT2D eigenvalue weighted by Crippen LogP contribution is -1.99. The van der Waals surface area contributed by atoms with Crippen LogP contribution < -0.4 is 4.74 Å². The summed E-state index contributed by atoms with van der Waals surface area (Å²) < 4.78 is 28.8. The summed E-state index contributed by atoms with van der Waals surface area (Å²) in [5, 5.41) is 0. The quantitative estimate of drug-likeness (QED) is 0.572. The molecule has 0 unspecified atom stereocenters. The first-order chi connectivity index (χ1) is 10.8. The van der Waals surface area contributed by atoms with Crippen molar-refractivity contribution in [3.8, 4) is 5.75 Å². The molecule has 4 nitrogen and oxygen atoms in total. The Bertz CT molecular complexity index is 853. The van der Waals surface area contributed by atoms with Crippen molar-refractivity contribution in [2.45, 2.75) is 4.90 Å². The SMILES string of the molecule is COc1ccc(Br)cc1C(=O)/C=C/c1ccc(S(C)(=O)=O)cc1. The average molecular weight is 395 g/mol. The lowest BCUT2D eigenvalue weighted by atomic mass is 10.1. The Morgan fingerprint density at radius 1 is 1.13 bits per heavy atom. The smallest absolute Gasteiger partial charge is 0.189 e. The Morgan fingerprint density at radius 2 is 1.78 bits per heavy atom. The van der Waals surface area contributed by atoms with E-state index in [-0.39, 0.29) is 10.7 Å². The second-order valence-electron chi connectivity index (χ2n) is 4.88. The monoisotopic (exact) mass is 394 g/mol. The van der Waals surface area contributed by atoms with Crippen LogP contribution in [0.3, 0.4) is 0 Å². The van der Waals surface area contributed by atoms with E-state index in [9.17, 15) is 13.2 Å². The maximum absolute atomic E-state index is 12.3. The minimum absolute atomic E-state index is 0.199. The molecular formula is C17H15BrO4S. The molecular weight excluding hydrogens is 380 g/mol.